The van der Waals surface area contributed by atoms with Gasteiger partial charge in [0.1, 0.15) is 11.2 Å². The lowest BCUT2D eigenvalue weighted by Gasteiger charge is -2.23. The van der Waals surface area contributed by atoms with Crippen LogP contribution < -0.4 is 15.4 Å². The number of ether oxygens (including phenoxy) is 1. The standard InChI is InChI=1S/C15H19ClN2O3/c1-15(2,13(19)17-10-5-6-10)14(20)18-11-8-9(16)4-7-12(11)21-3/h4,7-8,10H,5-6H2,1-3H3,(H,17,19)(H,18,20). The predicted molar refractivity (Wildman–Crippen MR) is 81.6 cm³/mol. The van der Waals surface area contributed by atoms with Crippen molar-refractivity contribution in [3.63, 3.8) is 0 Å². The number of nitrogens with one attached hydrogen (secondary N) is 2. The summed E-state index contributed by atoms with van der Waals surface area (Å²) in [6.07, 6.45) is 1.96. The molecule has 1 aromatic carbocycles. The minimum absolute atomic E-state index is 0.213. The fourth-order valence-corrected chi connectivity index (χ4v) is 1.93. The van der Waals surface area contributed by atoms with Gasteiger partial charge in [0.15, 0.2) is 0 Å². The molecule has 0 atom stereocenters. The molecule has 0 aliphatic heterocycles. The maximum absolute atomic E-state index is 12.4. The van der Waals surface area contributed by atoms with Gasteiger partial charge in [-0.3, -0.25) is 9.59 Å². The van der Waals surface area contributed by atoms with Gasteiger partial charge in [0.25, 0.3) is 0 Å². The van der Waals surface area contributed by atoms with Crippen molar-refractivity contribution >= 4 is 29.1 Å². The zero-order valence-electron chi connectivity index (χ0n) is 12.3. The van der Waals surface area contributed by atoms with Gasteiger partial charge < -0.3 is 15.4 Å². The molecule has 0 saturated heterocycles. The highest BCUT2D eigenvalue weighted by Crippen LogP contribution is 2.30. The van der Waals surface area contributed by atoms with Crippen LogP contribution in [0.2, 0.25) is 5.02 Å². The first-order valence-electron chi connectivity index (χ1n) is 6.80. The molecule has 1 aromatic rings. The Bertz CT molecular complexity index is 568. The maximum atomic E-state index is 12.4. The van der Waals surface area contributed by atoms with E-state index in [0.29, 0.717) is 16.5 Å². The quantitative estimate of drug-likeness (QED) is 0.821. The molecular formula is C15H19ClN2O3. The summed E-state index contributed by atoms with van der Waals surface area (Å²) in [6, 6.07) is 5.13. The molecule has 0 heterocycles. The monoisotopic (exact) mass is 310 g/mol. The average Bonchev–Trinajstić information content (AvgIpc) is 3.22. The third kappa shape index (κ3) is 3.67. The Labute approximate surface area is 129 Å². The number of methoxy groups -OCH3 is 1. The Hall–Kier alpha value is -1.75. The smallest absolute Gasteiger partial charge is 0.239 e. The number of halogens is 1. The van der Waals surface area contributed by atoms with Gasteiger partial charge in [-0.2, -0.15) is 0 Å². The molecule has 114 valence electrons. The zero-order chi connectivity index (χ0) is 15.6. The lowest BCUT2D eigenvalue weighted by atomic mass is 9.91. The van der Waals surface area contributed by atoms with Crippen LogP contribution in [0.15, 0.2) is 18.2 Å². The molecule has 0 bridgehead atoms. The lowest BCUT2D eigenvalue weighted by Crippen LogP contribution is -2.45. The van der Waals surface area contributed by atoms with Gasteiger partial charge in [0, 0.05) is 11.1 Å². The highest BCUT2D eigenvalue weighted by molar-refractivity contribution is 6.31. The fourth-order valence-electron chi connectivity index (χ4n) is 1.75. The highest BCUT2D eigenvalue weighted by Gasteiger charge is 2.39. The molecule has 1 saturated carbocycles. The molecule has 0 spiro atoms. The number of carbonyl (C=O) groups excluding carboxylic acids is 2. The summed E-state index contributed by atoms with van der Waals surface area (Å²) in [5.41, 5.74) is -0.724. The first-order chi connectivity index (χ1) is 9.84. The van der Waals surface area contributed by atoms with E-state index >= 15 is 0 Å². The summed E-state index contributed by atoms with van der Waals surface area (Å²) < 4.78 is 5.17. The Morgan fingerprint density at radius 2 is 1.95 bits per heavy atom. The SMILES string of the molecule is COc1ccc(Cl)cc1NC(=O)C(C)(C)C(=O)NC1CC1. The van der Waals surface area contributed by atoms with Crippen LogP contribution in [0, 0.1) is 5.41 Å². The highest BCUT2D eigenvalue weighted by atomic mass is 35.5. The van der Waals surface area contributed by atoms with Crippen LogP contribution in [0.4, 0.5) is 5.69 Å². The summed E-state index contributed by atoms with van der Waals surface area (Å²) in [7, 11) is 1.50. The van der Waals surface area contributed by atoms with E-state index in [-0.39, 0.29) is 11.9 Å². The third-order valence-corrected chi connectivity index (χ3v) is 3.69. The lowest BCUT2D eigenvalue weighted by molar-refractivity contribution is -0.138. The zero-order valence-corrected chi connectivity index (χ0v) is 13.1. The van der Waals surface area contributed by atoms with Gasteiger partial charge in [-0.25, -0.2) is 0 Å². The number of rotatable bonds is 5. The Kier molecular flexibility index (Phi) is 4.42. The summed E-state index contributed by atoms with van der Waals surface area (Å²) in [6.45, 7) is 3.19. The normalized spacial score (nSPS) is 14.5. The predicted octanol–water partition coefficient (Wildman–Crippen LogP) is 2.59. The van der Waals surface area contributed by atoms with Crippen LogP contribution in [0.5, 0.6) is 5.75 Å². The van der Waals surface area contributed by atoms with Crippen molar-refractivity contribution in [1.82, 2.24) is 5.32 Å². The second-order valence-electron chi connectivity index (χ2n) is 5.67. The van der Waals surface area contributed by atoms with Crippen molar-refractivity contribution < 1.29 is 14.3 Å². The molecule has 1 fully saturated rings. The summed E-state index contributed by atoms with van der Waals surface area (Å²) in [5.74, 6) is -0.184. The molecule has 2 N–H and O–H groups in total. The number of hydrogen-bond acceptors (Lipinski definition) is 3. The van der Waals surface area contributed by atoms with Crippen LogP contribution in [0.3, 0.4) is 0 Å². The summed E-state index contributed by atoms with van der Waals surface area (Å²) in [4.78, 5) is 24.5. The molecule has 0 unspecified atom stereocenters. The Morgan fingerprint density at radius 3 is 2.52 bits per heavy atom. The van der Waals surface area contributed by atoms with Crippen molar-refractivity contribution in [2.75, 3.05) is 12.4 Å². The summed E-state index contributed by atoms with van der Waals surface area (Å²) >= 11 is 5.93. The van der Waals surface area contributed by atoms with Gasteiger partial charge in [-0.15, -0.1) is 0 Å². The molecule has 5 nitrogen and oxygen atoms in total. The first kappa shape index (κ1) is 15.6. The molecule has 21 heavy (non-hydrogen) atoms. The van der Waals surface area contributed by atoms with E-state index in [1.807, 2.05) is 0 Å². The largest absolute Gasteiger partial charge is 0.495 e. The molecule has 0 radical (unpaired) electrons. The van der Waals surface area contributed by atoms with Crippen molar-refractivity contribution in [3.05, 3.63) is 23.2 Å². The number of anilines is 1. The number of hydrogen-bond donors (Lipinski definition) is 2. The van der Waals surface area contributed by atoms with Gasteiger partial charge in [-0.05, 0) is 44.9 Å². The van der Waals surface area contributed by atoms with E-state index < -0.39 is 11.3 Å². The van der Waals surface area contributed by atoms with Gasteiger partial charge in [0.05, 0.1) is 12.8 Å². The molecule has 1 aliphatic carbocycles. The molecule has 6 heteroatoms. The molecule has 2 amide bonds. The second kappa shape index (κ2) is 5.93. The second-order valence-corrected chi connectivity index (χ2v) is 6.11. The van der Waals surface area contributed by atoms with Gasteiger partial charge in [-0.1, -0.05) is 11.6 Å². The van der Waals surface area contributed by atoms with E-state index in [2.05, 4.69) is 10.6 Å². The molecule has 1 aliphatic rings. The number of carbonyl (C=O) groups is 2. The van der Waals surface area contributed by atoms with E-state index in [1.165, 1.54) is 7.11 Å². The van der Waals surface area contributed by atoms with Gasteiger partial charge in [0.2, 0.25) is 11.8 Å². The van der Waals surface area contributed by atoms with Crippen molar-refractivity contribution in [2.45, 2.75) is 32.7 Å². The van der Waals surface area contributed by atoms with Crippen LogP contribution in [-0.2, 0) is 9.59 Å². The van der Waals surface area contributed by atoms with Crippen LogP contribution in [-0.4, -0.2) is 25.0 Å². The topological polar surface area (TPSA) is 67.4 Å². The van der Waals surface area contributed by atoms with E-state index in [9.17, 15) is 9.59 Å². The van der Waals surface area contributed by atoms with Crippen molar-refractivity contribution in [1.29, 1.82) is 0 Å². The van der Waals surface area contributed by atoms with Crippen LogP contribution in [0.25, 0.3) is 0 Å². The molecular weight excluding hydrogens is 292 g/mol. The summed E-state index contributed by atoms with van der Waals surface area (Å²) in [5, 5.41) is 6.03. The molecule has 0 aromatic heterocycles. The minimum Gasteiger partial charge on any atom is -0.495 e. The van der Waals surface area contributed by atoms with Crippen LogP contribution >= 0.6 is 11.6 Å². The van der Waals surface area contributed by atoms with Gasteiger partial charge >= 0.3 is 0 Å². The maximum Gasteiger partial charge on any atom is 0.239 e. The number of benzene rings is 1. The van der Waals surface area contributed by atoms with E-state index in [1.54, 1.807) is 32.0 Å². The number of amides is 2. The minimum atomic E-state index is -1.17. The first-order valence-corrected chi connectivity index (χ1v) is 7.18. The van der Waals surface area contributed by atoms with Crippen molar-refractivity contribution in [2.24, 2.45) is 5.41 Å². The average molecular weight is 311 g/mol. The van der Waals surface area contributed by atoms with Crippen LogP contribution in [0.1, 0.15) is 26.7 Å². The third-order valence-electron chi connectivity index (χ3n) is 3.46. The van der Waals surface area contributed by atoms with E-state index in [4.69, 9.17) is 16.3 Å². The molecule has 2 rings (SSSR count). The fraction of sp³-hybridized carbons (Fsp3) is 0.467. The Balaban J connectivity index is 2.12. The van der Waals surface area contributed by atoms with E-state index in [0.717, 1.165) is 12.8 Å². The Morgan fingerprint density at radius 1 is 1.29 bits per heavy atom. The van der Waals surface area contributed by atoms with Crippen molar-refractivity contribution in [3.8, 4) is 5.75 Å².